The van der Waals surface area contributed by atoms with Crippen molar-refractivity contribution in [3.8, 4) is 0 Å². The second kappa shape index (κ2) is 7.74. The number of fused-ring (bicyclic) bond motifs is 1. The minimum Gasteiger partial charge on any atom is -0.452 e. The Balaban J connectivity index is 2.07. The van der Waals surface area contributed by atoms with E-state index in [1.807, 2.05) is 13.8 Å². The summed E-state index contributed by atoms with van der Waals surface area (Å²) in [4.78, 5) is 49.1. The number of benzene rings is 1. The van der Waals surface area contributed by atoms with Crippen LogP contribution in [0.3, 0.4) is 0 Å². The van der Waals surface area contributed by atoms with Crippen molar-refractivity contribution in [3.63, 3.8) is 0 Å². The van der Waals surface area contributed by atoms with Crippen LogP contribution in [-0.4, -0.2) is 47.8 Å². The van der Waals surface area contributed by atoms with Gasteiger partial charge in [-0.05, 0) is 31.5 Å². The molecule has 3 amide bonds. The highest BCUT2D eigenvalue weighted by Crippen LogP contribution is 2.24. The number of carbonyl (C=O) groups excluding carboxylic acids is 4. The van der Waals surface area contributed by atoms with Crippen molar-refractivity contribution >= 4 is 23.7 Å². The standard InChI is InChI=1S/C18H20N2O5/c1-4-8-20-16(22)13-7-6-12(9-14(13)17(20)23)18(24)25-10-15(21)19-11(3)5-2/h4,6-7,9,11H,1,5,8,10H2,2-3H3,(H,19,21)/t11-/m1/s1. The van der Waals surface area contributed by atoms with Gasteiger partial charge in [-0.2, -0.15) is 0 Å². The third-order valence-corrected chi connectivity index (χ3v) is 3.87. The molecule has 1 N–H and O–H groups in total. The zero-order valence-corrected chi connectivity index (χ0v) is 14.2. The zero-order chi connectivity index (χ0) is 18.6. The summed E-state index contributed by atoms with van der Waals surface area (Å²) in [5, 5.41) is 2.68. The fourth-order valence-corrected chi connectivity index (χ4v) is 2.35. The van der Waals surface area contributed by atoms with E-state index in [2.05, 4.69) is 11.9 Å². The maximum atomic E-state index is 12.2. The van der Waals surface area contributed by atoms with E-state index < -0.39 is 30.3 Å². The summed E-state index contributed by atoms with van der Waals surface area (Å²) in [6.45, 7) is 6.97. The quantitative estimate of drug-likeness (QED) is 0.460. The van der Waals surface area contributed by atoms with E-state index in [1.165, 1.54) is 24.3 Å². The van der Waals surface area contributed by atoms with Crippen molar-refractivity contribution in [2.45, 2.75) is 26.3 Å². The predicted octanol–water partition coefficient (Wildman–Crippen LogP) is 1.54. The summed E-state index contributed by atoms with van der Waals surface area (Å²) in [5.41, 5.74) is 0.486. The second-order valence-corrected chi connectivity index (χ2v) is 5.72. The lowest BCUT2D eigenvalue weighted by Gasteiger charge is -2.11. The number of carbonyl (C=O) groups is 4. The van der Waals surface area contributed by atoms with Crippen molar-refractivity contribution in [1.29, 1.82) is 0 Å². The van der Waals surface area contributed by atoms with Crippen LogP contribution in [0, 0.1) is 0 Å². The highest BCUT2D eigenvalue weighted by atomic mass is 16.5. The van der Waals surface area contributed by atoms with Crippen LogP contribution >= 0.6 is 0 Å². The number of hydrogen-bond acceptors (Lipinski definition) is 5. The molecule has 1 heterocycles. The smallest absolute Gasteiger partial charge is 0.338 e. The first-order valence-electron chi connectivity index (χ1n) is 7.96. The van der Waals surface area contributed by atoms with Gasteiger partial charge in [0.05, 0.1) is 16.7 Å². The Hall–Kier alpha value is -2.96. The number of ether oxygens (including phenoxy) is 1. The van der Waals surface area contributed by atoms with Crippen molar-refractivity contribution < 1.29 is 23.9 Å². The van der Waals surface area contributed by atoms with E-state index in [4.69, 9.17) is 4.74 Å². The molecule has 1 atom stereocenters. The minimum absolute atomic E-state index is 0.00864. The molecule has 25 heavy (non-hydrogen) atoms. The Kier molecular flexibility index (Phi) is 5.69. The molecule has 1 aromatic carbocycles. The number of imide groups is 1. The van der Waals surface area contributed by atoms with E-state index >= 15 is 0 Å². The molecule has 7 heteroatoms. The summed E-state index contributed by atoms with van der Waals surface area (Å²) in [5.74, 6) is -2.03. The maximum absolute atomic E-state index is 12.2. The van der Waals surface area contributed by atoms with Crippen LogP contribution in [0.25, 0.3) is 0 Å². The third kappa shape index (κ3) is 3.93. The van der Waals surface area contributed by atoms with Crippen LogP contribution in [-0.2, 0) is 9.53 Å². The largest absolute Gasteiger partial charge is 0.452 e. The van der Waals surface area contributed by atoms with Gasteiger partial charge >= 0.3 is 5.97 Å². The number of nitrogens with one attached hydrogen (secondary N) is 1. The molecular weight excluding hydrogens is 324 g/mol. The van der Waals surface area contributed by atoms with Gasteiger partial charge in [0.25, 0.3) is 17.7 Å². The van der Waals surface area contributed by atoms with E-state index in [-0.39, 0.29) is 29.3 Å². The van der Waals surface area contributed by atoms with E-state index in [1.54, 1.807) is 0 Å². The van der Waals surface area contributed by atoms with E-state index in [0.29, 0.717) is 0 Å². The Bertz CT molecular complexity index is 741. The Morgan fingerprint density at radius 2 is 1.96 bits per heavy atom. The highest BCUT2D eigenvalue weighted by Gasteiger charge is 2.35. The first-order valence-corrected chi connectivity index (χ1v) is 7.96. The van der Waals surface area contributed by atoms with Gasteiger partial charge in [0.2, 0.25) is 0 Å². The average molecular weight is 344 g/mol. The zero-order valence-electron chi connectivity index (χ0n) is 14.2. The van der Waals surface area contributed by atoms with Crippen molar-refractivity contribution in [3.05, 3.63) is 47.5 Å². The molecule has 0 spiro atoms. The summed E-state index contributed by atoms with van der Waals surface area (Å²) in [6.07, 6.45) is 2.22. The monoisotopic (exact) mass is 344 g/mol. The van der Waals surface area contributed by atoms with Crippen molar-refractivity contribution in [2.24, 2.45) is 0 Å². The van der Waals surface area contributed by atoms with Gasteiger partial charge in [-0.15, -0.1) is 6.58 Å². The van der Waals surface area contributed by atoms with E-state index in [0.717, 1.165) is 11.3 Å². The van der Waals surface area contributed by atoms with Gasteiger partial charge in [-0.1, -0.05) is 13.0 Å². The maximum Gasteiger partial charge on any atom is 0.338 e. The Labute approximate surface area is 145 Å². The molecule has 0 bridgehead atoms. The molecule has 0 radical (unpaired) electrons. The van der Waals surface area contributed by atoms with Gasteiger partial charge in [-0.3, -0.25) is 19.3 Å². The normalized spacial score (nSPS) is 14.1. The molecule has 0 fully saturated rings. The predicted molar refractivity (Wildman–Crippen MR) is 90.2 cm³/mol. The summed E-state index contributed by atoms with van der Waals surface area (Å²) >= 11 is 0. The van der Waals surface area contributed by atoms with Gasteiger partial charge in [-0.25, -0.2) is 4.79 Å². The van der Waals surface area contributed by atoms with Crippen LogP contribution in [0.1, 0.15) is 51.3 Å². The minimum atomic E-state index is -0.732. The molecule has 1 aromatic rings. The molecule has 2 rings (SSSR count). The fourth-order valence-electron chi connectivity index (χ4n) is 2.35. The molecule has 0 unspecified atom stereocenters. The Morgan fingerprint density at radius 1 is 1.28 bits per heavy atom. The molecular formula is C18H20N2O5. The number of esters is 1. The molecule has 0 saturated carbocycles. The highest BCUT2D eigenvalue weighted by molar-refractivity contribution is 6.22. The Morgan fingerprint density at radius 3 is 2.60 bits per heavy atom. The molecule has 1 aliphatic heterocycles. The molecule has 0 aliphatic carbocycles. The lowest BCUT2D eigenvalue weighted by Crippen LogP contribution is -2.35. The van der Waals surface area contributed by atoms with Gasteiger partial charge in [0.1, 0.15) is 0 Å². The average Bonchev–Trinajstić information content (AvgIpc) is 2.84. The van der Waals surface area contributed by atoms with Crippen LogP contribution in [0.15, 0.2) is 30.9 Å². The number of rotatable bonds is 7. The topological polar surface area (TPSA) is 92.8 Å². The van der Waals surface area contributed by atoms with Crippen LogP contribution in [0.5, 0.6) is 0 Å². The van der Waals surface area contributed by atoms with Crippen LogP contribution < -0.4 is 5.32 Å². The van der Waals surface area contributed by atoms with Gasteiger partial charge in [0, 0.05) is 12.6 Å². The summed E-state index contributed by atoms with van der Waals surface area (Å²) in [6, 6.07) is 4.11. The van der Waals surface area contributed by atoms with Crippen LogP contribution in [0.2, 0.25) is 0 Å². The van der Waals surface area contributed by atoms with E-state index in [9.17, 15) is 19.2 Å². The summed E-state index contributed by atoms with van der Waals surface area (Å²) in [7, 11) is 0. The molecule has 0 aromatic heterocycles. The summed E-state index contributed by atoms with van der Waals surface area (Å²) < 4.78 is 4.95. The van der Waals surface area contributed by atoms with Gasteiger partial charge < -0.3 is 10.1 Å². The second-order valence-electron chi connectivity index (χ2n) is 5.72. The number of amides is 3. The first-order chi connectivity index (χ1) is 11.9. The number of nitrogens with zero attached hydrogens (tertiary/aromatic N) is 1. The third-order valence-electron chi connectivity index (χ3n) is 3.87. The SMILES string of the molecule is C=CCN1C(=O)c2ccc(C(=O)OCC(=O)N[C@H](C)CC)cc2C1=O. The van der Waals surface area contributed by atoms with Crippen LogP contribution in [0.4, 0.5) is 0 Å². The lowest BCUT2D eigenvalue weighted by atomic mass is 10.1. The first kappa shape index (κ1) is 18.4. The molecule has 1 aliphatic rings. The number of hydrogen-bond donors (Lipinski definition) is 1. The molecule has 0 saturated heterocycles. The van der Waals surface area contributed by atoms with Gasteiger partial charge in [0.15, 0.2) is 6.61 Å². The lowest BCUT2D eigenvalue weighted by molar-refractivity contribution is -0.124. The fraction of sp³-hybridized carbons (Fsp3) is 0.333. The molecule has 7 nitrogen and oxygen atoms in total. The van der Waals surface area contributed by atoms with Crippen molar-refractivity contribution in [2.75, 3.05) is 13.2 Å². The molecule has 132 valence electrons. The van der Waals surface area contributed by atoms with Crippen molar-refractivity contribution in [1.82, 2.24) is 10.2 Å².